The SMILES string of the molecule is CC(O)C1C(=O)N2C(C(=O)O)=C(CN(C)CCNC(=O)c3cc(=O)c(O)cn3O)C(C)[C@H]12. The number of nitrogens with zero attached hydrogens (tertiary/aromatic N) is 3. The number of β-lactam (4-membered cyclic amide) rings is 1. The Hall–Kier alpha value is -3.38. The van der Waals surface area contributed by atoms with E-state index in [1.807, 2.05) is 6.92 Å². The van der Waals surface area contributed by atoms with E-state index in [0.29, 0.717) is 16.8 Å². The van der Waals surface area contributed by atoms with E-state index in [4.69, 9.17) is 0 Å². The average Bonchev–Trinajstić information content (AvgIpc) is 2.93. The van der Waals surface area contributed by atoms with E-state index >= 15 is 0 Å². The van der Waals surface area contributed by atoms with Crippen LogP contribution < -0.4 is 10.7 Å². The minimum absolute atomic E-state index is 0.0614. The van der Waals surface area contributed by atoms with E-state index in [-0.39, 0.29) is 30.4 Å². The standard InChI is InChI=1S/C20H26N4O8/c1-9-11(17(20(30)31)24-16(9)15(10(2)25)19(24)29)7-22(3)5-4-21-18(28)12-6-13(26)14(27)8-23(12)32/h6,8-10,15-16,25,27,32H,4-5,7H2,1-3H3,(H,21,28)(H,30,31)/t9?,10?,15?,16-/m1/s1. The lowest BCUT2D eigenvalue weighted by Gasteiger charge is -2.46. The molecular weight excluding hydrogens is 424 g/mol. The van der Waals surface area contributed by atoms with Crippen LogP contribution in [-0.2, 0) is 9.59 Å². The topological polar surface area (TPSA) is 173 Å². The van der Waals surface area contributed by atoms with Crippen LogP contribution in [0.3, 0.4) is 0 Å². The lowest BCUT2D eigenvalue weighted by Crippen LogP contribution is -2.63. The highest BCUT2D eigenvalue weighted by Crippen LogP contribution is 2.47. The molecule has 4 atom stereocenters. The molecule has 1 fully saturated rings. The lowest BCUT2D eigenvalue weighted by molar-refractivity contribution is -0.163. The van der Waals surface area contributed by atoms with Crippen molar-refractivity contribution >= 4 is 17.8 Å². The summed E-state index contributed by atoms with van der Waals surface area (Å²) in [6, 6.07) is 0.408. The molecular formula is C20H26N4O8. The number of aliphatic carboxylic acids is 1. The van der Waals surface area contributed by atoms with Crippen molar-refractivity contribution in [3.05, 3.63) is 39.5 Å². The normalized spacial score (nSPS) is 23.2. The molecule has 0 aromatic carbocycles. The molecule has 0 aliphatic carbocycles. The number of rotatable bonds is 8. The molecule has 0 bridgehead atoms. The van der Waals surface area contributed by atoms with E-state index in [1.54, 1.807) is 11.9 Å². The Morgan fingerprint density at radius 1 is 1.31 bits per heavy atom. The van der Waals surface area contributed by atoms with E-state index < -0.39 is 47.0 Å². The number of aromatic hydroxyl groups is 1. The number of carboxylic acid groups (broad SMARTS) is 1. The molecule has 3 unspecified atom stereocenters. The molecule has 2 aliphatic rings. The summed E-state index contributed by atoms with van der Waals surface area (Å²) in [4.78, 5) is 50.9. The van der Waals surface area contributed by atoms with Gasteiger partial charge >= 0.3 is 5.97 Å². The fraction of sp³-hybridized carbons (Fsp3) is 0.500. The predicted octanol–water partition coefficient (Wildman–Crippen LogP) is -1.35. The van der Waals surface area contributed by atoms with Crippen molar-refractivity contribution in [1.82, 2.24) is 19.8 Å². The largest absolute Gasteiger partial charge is 0.503 e. The Bertz CT molecular complexity index is 1050. The molecule has 32 heavy (non-hydrogen) atoms. The molecule has 1 saturated heterocycles. The Kier molecular flexibility index (Phi) is 6.28. The molecule has 5 N–H and O–H groups in total. The monoisotopic (exact) mass is 450 g/mol. The quantitative estimate of drug-likeness (QED) is 0.237. The van der Waals surface area contributed by atoms with Crippen molar-refractivity contribution in [3.8, 4) is 5.75 Å². The Morgan fingerprint density at radius 3 is 2.56 bits per heavy atom. The van der Waals surface area contributed by atoms with Crippen LogP contribution in [0.25, 0.3) is 0 Å². The van der Waals surface area contributed by atoms with Crippen LogP contribution in [0.4, 0.5) is 0 Å². The fourth-order valence-corrected chi connectivity index (χ4v) is 4.36. The Balaban J connectivity index is 1.63. The highest BCUT2D eigenvalue weighted by atomic mass is 16.5. The summed E-state index contributed by atoms with van der Waals surface area (Å²) in [7, 11) is 1.72. The first-order valence-corrected chi connectivity index (χ1v) is 10.0. The second-order valence-corrected chi connectivity index (χ2v) is 8.18. The van der Waals surface area contributed by atoms with Crippen molar-refractivity contribution in [3.63, 3.8) is 0 Å². The van der Waals surface area contributed by atoms with Crippen molar-refractivity contribution in [2.24, 2.45) is 11.8 Å². The molecule has 12 nitrogen and oxygen atoms in total. The minimum atomic E-state index is -1.21. The van der Waals surface area contributed by atoms with Gasteiger partial charge in [-0.1, -0.05) is 6.92 Å². The fourth-order valence-electron chi connectivity index (χ4n) is 4.36. The maximum atomic E-state index is 12.4. The van der Waals surface area contributed by atoms with Crippen molar-refractivity contribution < 1.29 is 34.9 Å². The van der Waals surface area contributed by atoms with Crippen molar-refractivity contribution in [1.29, 1.82) is 0 Å². The van der Waals surface area contributed by atoms with Gasteiger partial charge in [-0.2, -0.15) is 4.73 Å². The van der Waals surface area contributed by atoms with E-state index in [9.17, 15) is 39.7 Å². The van der Waals surface area contributed by atoms with Gasteiger partial charge in [-0.3, -0.25) is 14.4 Å². The number of aliphatic hydroxyl groups is 1. The van der Waals surface area contributed by atoms with Crippen LogP contribution in [0.15, 0.2) is 28.3 Å². The van der Waals surface area contributed by atoms with Gasteiger partial charge in [0.05, 0.1) is 24.3 Å². The Morgan fingerprint density at radius 2 is 1.97 bits per heavy atom. The maximum Gasteiger partial charge on any atom is 0.352 e. The third-order valence-corrected chi connectivity index (χ3v) is 5.98. The number of carbonyl (C=O) groups excluding carboxylic acids is 2. The summed E-state index contributed by atoms with van der Waals surface area (Å²) in [5.41, 5.74) is -0.650. The number of aromatic nitrogens is 1. The summed E-state index contributed by atoms with van der Waals surface area (Å²) in [6.07, 6.45) is -0.159. The second-order valence-electron chi connectivity index (χ2n) is 8.18. The van der Waals surface area contributed by atoms with E-state index in [2.05, 4.69) is 5.32 Å². The summed E-state index contributed by atoms with van der Waals surface area (Å²) >= 11 is 0. The highest BCUT2D eigenvalue weighted by Gasteiger charge is 2.59. The number of carbonyl (C=O) groups is 3. The van der Waals surface area contributed by atoms with Gasteiger partial charge in [0.2, 0.25) is 11.3 Å². The molecule has 0 saturated carbocycles. The summed E-state index contributed by atoms with van der Waals surface area (Å²) in [6.45, 7) is 4.00. The lowest BCUT2D eigenvalue weighted by atomic mass is 9.77. The Labute approximate surface area is 182 Å². The number of aliphatic hydroxyl groups excluding tert-OH is 1. The van der Waals surface area contributed by atoms with Crippen LogP contribution in [-0.4, -0.2) is 91.7 Å². The molecule has 174 valence electrons. The minimum Gasteiger partial charge on any atom is -0.503 e. The zero-order valence-electron chi connectivity index (χ0n) is 17.8. The smallest absolute Gasteiger partial charge is 0.352 e. The second kappa shape index (κ2) is 8.63. The molecule has 0 radical (unpaired) electrons. The van der Waals surface area contributed by atoms with Crippen LogP contribution in [0, 0.1) is 11.8 Å². The molecule has 2 aliphatic heterocycles. The number of fused-ring (bicyclic) bond motifs is 1. The summed E-state index contributed by atoms with van der Waals surface area (Å²) < 4.78 is 0.347. The first-order chi connectivity index (χ1) is 15.0. The third-order valence-electron chi connectivity index (χ3n) is 5.98. The van der Waals surface area contributed by atoms with Gasteiger partial charge in [-0.05, 0) is 19.5 Å². The molecule has 3 heterocycles. The van der Waals surface area contributed by atoms with Crippen LogP contribution in [0.2, 0.25) is 0 Å². The highest BCUT2D eigenvalue weighted by molar-refractivity contribution is 6.00. The molecule has 0 spiro atoms. The van der Waals surface area contributed by atoms with Crippen LogP contribution >= 0.6 is 0 Å². The van der Waals surface area contributed by atoms with E-state index in [0.717, 1.165) is 12.3 Å². The zero-order valence-corrected chi connectivity index (χ0v) is 17.8. The van der Waals surface area contributed by atoms with Crippen molar-refractivity contribution in [2.45, 2.75) is 26.0 Å². The number of amides is 2. The number of nitrogens with one attached hydrogen (secondary N) is 1. The van der Waals surface area contributed by atoms with Gasteiger partial charge in [0.15, 0.2) is 5.75 Å². The van der Waals surface area contributed by atoms with Gasteiger partial charge in [-0.25, -0.2) is 4.79 Å². The summed E-state index contributed by atoms with van der Waals surface area (Å²) in [5, 5.41) is 41.0. The first-order valence-electron chi connectivity index (χ1n) is 10.0. The molecule has 2 amide bonds. The van der Waals surface area contributed by atoms with Gasteiger partial charge in [0.1, 0.15) is 11.4 Å². The summed E-state index contributed by atoms with van der Waals surface area (Å²) in [5.74, 6) is -3.92. The van der Waals surface area contributed by atoms with Crippen LogP contribution in [0.5, 0.6) is 5.75 Å². The molecule has 1 aromatic heterocycles. The zero-order chi connectivity index (χ0) is 23.9. The average molecular weight is 450 g/mol. The number of likely N-dealkylation sites (N-methyl/N-ethyl adjacent to an activating group) is 1. The van der Waals surface area contributed by atoms with Gasteiger partial charge in [-0.15, -0.1) is 0 Å². The molecule has 1 aromatic rings. The van der Waals surface area contributed by atoms with Gasteiger partial charge in [0.25, 0.3) is 5.91 Å². The number of hydrogen-bond acceptors (Lipinski definition) is 8. The number of hydrogen-bond donors (Lipinski definition) is 5. The van der Waals surface area contributed by atoms with Gasteiger partial charge < -0.3 is 35.6 Å². The number of carboxylic acids is 1. The predicted molar refractivity (Wildman–Crippen MR) is 109 cm³/mol. The van der Waals surface area contributed by atoms with E-state index in [1.165, 1.54) is 11.8 Å². The number of pyridine rings is 1. The maximum absolute atomic E-state index is 12.4. The molecule has 3 rings (SSSR count). The van der Waals surface area contributed by atoms with Gasteiger partial charge in [0, 0.05) is 31.6 Å². The van der Waals surface area contributed by atoms with Crippen molar-refractivity contribution in [2.75, 3.05) is 26.7 Å². The third kappa shape index (κ3) is 3.94. The molecule has 12 heteroatoms. The first kappa shape index (κ1) is 23.3. The van der Waals surface area contributed by atoms with Crippen LogP contribution in [0.1, 0.15) is 24.3 Å².